The van der Waals surface area contributed by atoms with E-state index < -0.39 is 0 Å². The van der Waals surface area contributed by atoms with Crippen molar-refractivity contribution in [3.8, 4) is 9.88 Å². The van der Waals surface area contributed by atoms with E-state index in [1.165, 1.54) is 10.4 Å². The lowest BCUT2D eigenvalue weighted by Crippen LogP contribution is -1.94. The highest BCUT2D eigenvalue weighted by molar-refractivity contribution is 7.20. The topological polar surface area (TPSA) is 51.8 Å². The lowest BCUT2D eigenvalue weighted by molar-refractivity contribution is 0.960. The van der Waals surface area contributed by atoms with E-state index in [1.54, 1.807) is 22.7 Å². The third kappa shape index (κ3) is 1.70. The van der Waals surface area contributed by atoms with E-state index >= 15 is 0 Å². The number of hydrogen-bond acceptors (Lipinski definition) is 5. The fourth-order valence-electron chi connectivity index (χ4n) is 1.23. The zero-order valence-corrected chi connectivity index (χ0v) is 9.49. The zero-order chi connectivity index (χ0) is 9.97. The molecule has 5 heteroatoms. The Morgan fingerprint density at radius 3 is 2.93 bits per heavy atom. The van der Waals surface area contributed by atoms with Crippen molar-refractivity contribution in [3.63, 3.8) is 0 Å². The molecular formula is C9H11N3S2. The molecule has 0 amide bonds. The highest BCUT2D eigenvalue weighted by atomic mass is 32.1. The number of aromatic nitrogens is 2. The third-order valence-electron chi connectivity index (χ3n) is 1.96. The lowest BCUT2D eigenvalue weighted by Gasteiger charge is -1.93. The Bertz CT molecular complexity index is 419. The average molecular weight is 225 g/mol. The van der Waals surface area contributed by atoms with Gasteiger partial charge in [-0.15, -0.1) is 21.5 Å². The van der Waals surface area contributed by atoms with Gasteiger partial charge in [-0.2, -0.15) is 0 Å². The summed E-state index contributed by atoms with van der Waals surface area (Å²) in [5.41, 5.74) is 6.84. The van der Waals surface area contributed by atoms with Gasteiger partial charge in [0.15, 0.2) is 5.01 Å². The van der Waals surface area contributed by atoms with E-state index in [9.17, 15) is 0 Å². The monoisotopic (exact) mass is 225 g/mol. The summed E-state index contributed by atoms with van der Waals surface area (Å²) in [6, 6.07) is 2.14. The van der Waals surface area contributed by atoms with Crippen LogP contribution in [0.15, 0.2) is 11.4 Å². The zero-order valence-electron chi connectivity index (χ0n) is 7.86. The first-order valence-corrected chi connectivity index (χ1v) is 6.14. The minimum Gasteiger partial charge on any atom is -0.324 e. The molecule has 0 radical (unpaired) electrons. The summed E-state index contributed by atoms with van der Waals surface area (Å²) in [5.74, 6) is 0. The highest BCUT2D eigenvalue weighted by Gasteiger charge is 2.10. The Hall–Kier alpha value is -0.780. The van der Waals surface area contributed by atoms with Crippen molar-refractivity contribution in [2.75, 3.05) is 0 Å². The van der Waals surface area contributed by atoms with Gasteiger partial charge < -0.3 is 5.73 Å². The Labute approximate surface area is 90.6 Å². The first-order chi connectivity index (χ1) is 6.85. The van der Waals surface area contributed by atoms with E-state index in [0.717, 1.165) is 16.4 Å². The number of aryl methyl sites for hydroxylation is 1. The maximum absolute atomic E-state index is 5.50. The molecule has 0 fully saturated rings. The number of rotatable bonds is 3. The van der Waals surface area contributed by atoms with Crippen LogP contribution in [0.2, 0.25) is 0 Å². The van der Waals surface area contributed by atoms with E-state index in [2.05, 4.69) is 28.6 Å². The van der Waals surface area contributed by atoms with Crippen LogP contribution in [0.4, 0.5) is 0 Å². The second kappa shape index (κ2) is 4.16. The highest BCUT2D eigenvalue weighted by Crippen LogP contribution is 2.31. The van der Waals surface area contributed by atoms with E-state index in [1.807, 2.05) is 0 Å². The quantitative estimate of drug-likeness (QED) is 0.872. The van der Waals surface area contributed by atoms with Crippen LogP contribution in [0.1, 0.15) is 17.5 Å². The minimum absolute atomic E-state index is 0.477. The van der Waals surface area contributed by atoms with Crippen molar-refractivity contribution in [1.29, 1.82) is 0 Å². The van der Waals surface area contributed by atoms with Gasteiger partial charge in [0.2, 0.25) is 0 Å². The molecule has 14 heavy (non-hydrogen) atoms. The van der Waals surface area contributed by atoms with Crippen LogP contribution in [-0.4, -0.2) is 10.2 Å². The van der Waals surface area contributed by atoms with E-state index in [-0.39, 0.29) is 0 Å². The van der Waals surface area contributed by atoms with Gasteiger partial charge in [0.1, 0.15) is 5.01 Å². The first-order valence-electron chi connectivity index (χ1n) is 4.44. The summed E-state index contributed by atoms with van der Waals surface area (Å²) in [5, 5.41) is 12.1. The van der Waals surface area contributed by atoms with Crippen LogP contribution in [0.25, 0.3) is 9.88 Å². The smallest absolute Gasteiger partial charge is 0.158 e. The van der Waals surface area contributed by atoms with Crippen LogP contribution in [-0.2, 0) is 13.0 Å². The normalized spacial score (nSPS) is 10.7. The molecule has 0 aromatic carbocycles. The first kappa shape index (κ1) is 9.76. The standard InChI is InChI=1S/C9H11N3S2/c1-2-6-3-4-13-8(6)9-12-11-7(5-10)14-9/h3-4H,2,5,10H2,1H3. The molecule has 0 saturated carbocycles. The van der Waals surface area contributed by atoms with Gasteiger partial charge in [0, 0.05) is 6.54 Å². The van der Waals surface area contributed by atoms with E-state index in [4.69, 9.17) is 5.73 Å². The van der Waals surface area contributed by atoms with Crippen LogP contribution < -0.4 is 5.73 Å². The molecule has 74 valence electrons. The molecule has 0 spiro atoms. The summed E-state index contributed by atoms with van der Waals surface area (Å²) in [6.45, 7) is 2.63. The molecule has 2 rings (SSSR count). The molecule has 0 unspecified atom stereocenters. The second-order valence-corrected chi connectivity index (χ2v) is 4.81. The molecule has 3 nitrogen and oxygen atoms in total. The van der Waals surface area contributed by atoms with Gasteiger partial charge in [-0.3, -0.25) is 0 Å². The van der Waals surface area contributed by atoms with Gasteiger partial charge in [-0.05, 0) is 23.4 Å². The van der Waals surface area contributed by atoms with Crippen molar-refractivity contribution in [1.82, 2.24) is 10.2 Å². The van der Waals surface area contributed by atoms with Crippen LogP contribution >= 0.6 is 22.7 Å². The Kier molecular flexibility index (Phi) is 2.90. The van der Waals surface area contributed by atoms with Crippen LogP contribution in [0.5, 0.6) is 0 Å². The molecule has 0 aliphatic heterocycles. The number of nitrogens with zero attached hydrogens (tertiary/aromatic N) is 2. The summed E-state index contributed by atoms with van der Waals surface area (Å²) in [7, 11) is 0. The van der Waals surface area contributed by atoms with Crippen molar-refractivity contribution in [2.24, 2.45) is 5.73 Å². The molecular weight excluding hydrogens is 214 g/mol. The second-order valence-electron chi connectivity index (χ2n) is 2.83. The van der Waals surface area contributed by atoms with Crippen molar-refractivity contribution >= 4 is 22.7 Å². The van der Waals surface area contributed by atoms with Crippen molar-refractivity contribution in [3.05, 3.63) is 22.0 Å². The summed E-state index contributed by atoms with van der Waals surface area (Å²) >= 11 is 3.30. The van der Waals surface area contributed by atoms with Gasteiger partial charge in [0.25, 0.3) is 0 Å². The Morgan fingerprint density at radius 2 is 2.29 bits per heavy atom. The molecule has 0 atom stereocenters. The maximum atomic E-state index is 5.50. The molecule has 0 bridgehead atoms. The fraction of sp³-hybridized carbons (Fsp3) is 0.333. The van der Waals surface area contributed by atoms with Gasteiger partial charge in [-0.25, -0.2) is 0 Å². The molecule has 2 aromatic heterocycles. The third-order valence-corrected chi connectivity index (χ3v) is 4.02. The van der Waals surface area contributed by atoms with Gasteiger partial charge >= 0.3 is 0 Å². The van der Waals surface area contributed by atoms with Crippen LogP contribution in [0, 0.1) is 0 Å². The molecule has 2 N–H and O–H groups in total. The Balaban J connectivity index is 2.38. The average Bonchev–Trinajstić information content (AvgIpc) is 2.85. The molecule has 0 aliphatic carbocycles. The Morgan fingerprint density at radius 1 is 1.43 bits per heavy atom. The molecule has 0 saturated heterocycles. The van der Waals surface area contributed by atoms with Crippen molar-refractivity contribution < 1.29 is 0 Å². The largest absolute Gasteiger partial charge is 0.324 e. The summed E-state index contributed by atoms with van der Waals surface area (Å²) in [6.07, 6.45) is 1.04. The van der Waals surface area contributed by atoms with Gasteiger partial charge in [0.05, 0.1) is 4.88 Å². The number of nitrogens with two attached hydrogens (primary N) is 1. The molecule has 0 aliphatic rings. The predicted molar refractivity (Wildman–Crippen MR) is 60.5 cm³/mol. The van der Waals surface area contributed by atoms with Crippen molar-refractivity contribution in [2.45, 2.75) is 19.9 Å². The number of thiophene rings is 1. The predicted octanol–water partition coefficient (Wildman–Crippen LogP) is 2.29. The minimum atomic E-state index is 0.477. The van der Waals surface area contributed by atoms with Crippen LogP contribution in [0.3, 0.4) is 0 Å². The van der Waals surface area contributed by atoms with Gasteiger partial charge in [-0.1, -0.05) is 18.3 Å². The SMILES string of the molecule is CCc1ccsc1-c1nnc(CN)s1. The van der Waals surface area contributed by atoms with E-state index in [0.29, 0.717) is 6.54 Å². The number of hydrogen-bond donors (Lipinski definition) is 1. The summed E-state index contributed by atoms with van der Waals surface area (Å²) in [4.78, 5) is 1.24. The fourth-order valence-corrected chi connectivity index (χ4v) is 3.07. The maximum Gasteiger partial charge on any atom is 0.158 e. The molecule has 2 heterocycles. The summed E-state index contributed by atoms with van der Waals surface area (Å²) < 4.78 is 0. The molecule has 2 aromatic rings. The lowest BCUT2D eigenvalue weighted by atomic mass is 10.2.